The van der Waals surface area contributed by atoms with E-state index in [0.29, 0.717) is 6.42 Å². The smallest absolute Gasteiger partial charge is 0.222 e. The Morgan fingerprint density at radius 1 is 1.25 bits per heavy atom. The molecule has 132 valence electrons. The van der Waals surface area contributed by atoms with Gasteiger partial charge in [0, 0.05) is 25.7 Å². The predicted octanol–water partition coefficient (Wildman–Crippen LogP) is 2.74. The molecule has 5 nitrogen and oxygen atoms in total. The lowest BCUT2D eigenvalue weighted by Gasteiger charge is -2.35. The van der Waals surface area contributed by atoms with Gasteiger partial charge < -0.3 is 19.7 Å². The number of methoxy groups -OCH3 is 1. The van der Waals surface area contributed by atoms with Crippen molar-refractivity contribution in [1.82, 2.24) is 5.32 Å². The molecule has 1 N–H and O–H groups in total. The summed E-state index contributed by atoms with van der Waals surface area (Å²) in [5, 5.41) is 3.19. The summed E-state index contributed by atoms with van der Waals surface area (Å²) < 4.78 is 11.1. The summed E-state index contributed by atoms with van der Waals surface area (Å²) in [4.78, 5) is 14.5. The minimum Gasteiger partial charge on any atom is -0.495 e. The van der Waals surface area contributed by atoms with Crippen LogP contribution in [0.3, 0.4) is 0 Å². The van der Waals surface area contributed by atoms with Crippen LogP contribution in [0.25, 0.3) is 0 Å². The molecule has 1 aromatic carbocycles. The van der Waals surface area contributed by atoms with Crippen molar-refractivity contribution in [3.8, 4) is 5.75 Å². The molecule has 0 saturated carbocycles. The fourth-order valence-corrected chi connectivity index (χ4v) is 3.62. The third-order valence-corrected chi connectivity index (χ3v) is 4.97. The normalized spacial score (nSPS) is 22.2. The number of amides is 1. The molecule has 2 aliphatic heterocycles. The maximum atomic E-state index is 12.2. The van der Waals surface area contributed by atoms with Crippen LogP contribution < -0.4 is 15.0 Å². The van der Waals surface area contributed by atoms with Crippen molar-refractivity contribution in [1.29, 1.82) is 0 Å². The number of hydrogen-bond donors (Lipinski definition) is 1. The zero-order valence-corrected chi connectivity index (χ0v) is 14.5. The van der Waals surface area contributed by atoms with E-state index in [-0.39, 0.29) is 18.1 Å². The lowest BCUT2D eigenvalue weighted by Crippen LogP contribution is -2.45. The van der Waals surface area contributed by atoms with Gasteiger partial charge in [0.25, 0.3) is 0 Å². The van der Waals surface area contributed by atoms with Crippen molar-refractivity contribution >= 4 is 11.6 Å². The van der Waals surface area contributed by atoms with Crippen molar-refractivity contribution in [3.05, 3.63) is 24.3 Å². The lowest BCUT2D eigenvalue weighted by atomic mass is 10.0. The molecule has 1 aromatic rings. The minimum atomic E-state index is 0.118. The van der Waals surface area contributed by atoms with Crippen LogP contribution in [-0.2, 0) is 9.53 Å². The molecular weight excluding hydrogens is 304 g/mol. The highest BCUT2D eigenvalue weighted by Gasteiger charge is 2.24. The van der Waals surface area contributed by atoms with Gasteiger partial charge in [-0.3, -0.25) is 4.79 Å². The second-order valence-electron chi connectivity index (χ2n) is 6.69. The van der Waals surface area contributed by atoms with Crippen LogP contribution in [0.2, 0.25) is 0 Å². The Morgan fingerprint density at radius 2 is 2.04 bits per heavy atom. The fourth-order valence-electron chi connectivity index (χ4n) is 3.62. The Bertz CT molecular complexity index is 535. The summed E-state index contributed by atoms with van der Waals surface area (Å²) in [5.41, 5.74) is 1.14. The second-order valence-corrected chi connectivity index (χ2v) is 6.69. The van der Waals surface area contributed by atoms with E-state index < -0.39 is 0 Å². The van der Waals surface area contributed by atoms with Crippen LogP contribution in [0.4, 0.5) is 5.69 Å². The van der Waals surface area contributed by atoms with E-state index in [0.717, 1.165) is 56.8 Å². The monoisotopic (exact) mass is 332 g/mol. The Labute approximate surface area is 144 Å². The number of carbonyl (C=O) groups is 1. The average molecular weight is 332 g/mol. The summed E-state index contributed by atoms with van der Waals surface area (Å²) in [7, 11) is 1.71. The number of carbonyl (C=O) groups excluding carboxylic acids is 1. The molecule has 2 aliphatic rings. The number of rotatable bonds is 5. The molecule has 24 heavy (non-hydrogen) atoms. The van der Waals surface area contributed by atoms with Gasteiger partial charge in [-0.25, -0.2) is 0 Å². The molecule has 1 unspecified atom stereocenters. The van der Waals surface area contributed by atoms with Crippen LogP contribution in [0.15, 0.2) is 24.3 Å². The van der Waals surface area contributed by atoms with E-state index in [4.69, 9.17) is 9.47 Å². The van der Waals surface area contributed by atoms with Gasteiger partial charge in [-0.05, 0) is 44.2 Å². The highest BCUT2D eigenvalue weighted by Crippen LogP contribution is 2.29. The SMILES string of the molecule is COc1ccccc1N1CCC(NC(=O)CC2CCCCO2)CC1. The molecule has 0 aromatic heterocycles. The van der Waals surface area contributed by atoms with Crippen LogP contribution in [0, 0.1) is 0 Å². The predicted molar refractivity (Wildman–Crippen MR) is 94.6 cm³/mol. The van der Waals surface area contributed by atoms with E-state index in [9.17, 15) is 4.79 Å². The van der Waals surface area contributed by atoms with Crippen LogP contribution >= 0.6 is 0 Å². The first-order valence-electron chi connectivity index (χ1n) is 9.05. The number of piperidine rings is 1. The van der Waals surface area contributed by atoms with E-state index >= 15 is 0 Å². The maximum absolute atomic E-state index is 12.2. The zero-order chi connectivity index (χ0) is 16.8. The van der Waals surface area contributed by atoms with Gasteiger partial charge in [0.15, 0.2) is 0 Å². The Kier molecular flexibility index (Phi) is 5.96. The van der Waals surface area contributed by atoms with Crippen molar-refractivity contribution in [3.63, 3.8) is 0 Å². The first-order chi connectivity index (χ1) is 11.8. The molecule has 0 spiro atoms. The number of nitrogens with zero attached hydrogens (tertiary/aromatic N) is 1. The number of para-hydroxylation sites is 2. The standard InChI is InChI=1S/C19H28N2O3/c1-23-18-8-3-2-7-17(18)21-11-9-15(10-12-21)20-19(22)14-16-6-4-5-13-24-16/h2-3,7-8,15-16H,4-6,9-14H2,1H3,(H,20,22). The molecule has 1 amide bonds. The largest absolute Gasteiger partial charge is 0.495 e. The number of nitrogens with one attached hydrogen (secondary N) is 1. The maximum Gasteiger partial charge on any atom is 0.222 e. The third-order valence-electron chi connectivity index (χ3n) is 4.97. The first kappa shape index (κ1) is 17.1. The average Bonchev–Trinajstić information content (AvgIpc) is 2.63. The van der Waals surface area contributed by atoms with Gasteiger partial charge in [-0.1, -0.05) is 12.1 Å². The number of ether oxygens (including phenoxy) is 2. The Hall–Kier alpha value is -1.75. The molecular formula is C19H28N2O3. The summed E-state index contributed by atoms with van der Waals surface area (Å²) in [5.74, 6) is 1.05. The van der Waals surface area contributed by atoms with Gasteiger partial charge in [0.05, 0.1) is 25.3 Å². The number of anilines is 1. The zero-order valence-electron chi connectivity index (χ0n) is 14.5. The quantitative estimate of drug-likeness (QED) is 0.901. The molecule has 0 aliphatic carbocycles. The van der Waals surface area contributed by atoms with Crippen molar-refractivity contribution < 1.29 is 14.3 Å². The summed E-state index contributed by atoms with van der Waals surface area (Å²) in [6, 6.07) is 8.39. The third kappa shape index (κ3) is 4.41. The molecule has 0 radical (unpaired) electrons. The van der Waals surface area contributed by atoms with E-state index in [1.54, 1.807) is 7.11 Å². The fraction of sp³-hybridized carbons (Fsp3) is 0.632. The number of hydrogen-bond acceptors (Lipinski definition) is 4. The highest BCUT2D eigenvalue weighted by molar-refractivity contribution is 5.76. The van der Waals surface area contributed by atoms with Gasteiger partial charge in [0.2, 0.25) is 5.91 Å². The summed E-state index contributed by atoms with van der Waals surface area (Å²) >= 11 is 0. The minimum absolute atomic E-state index is 0.118. The van der Waals surface area contributed by atoms with Crippen molar-refractivity contribution in [2.24, 2.45) is 0 Å². The topological polar surface area (TPSA) is 50.8 Å². The van der Waals surface area contributed by atoms with Crippen LogP contribution in [0.1, 0.15) is 38.5 Å². The van der Waals surface area contributed by atoms with Gasteiger partial charge in [-0.15, -0.1) is 0 Å². The highest BCUT2D eigenvalue weighted by atomic mass is 16.5. The van der Waals surface area contributed by atoms with Gasteiger partial charge in [0.1, 0.15) is 5.75 Å². The second kappa shape index (κ2) is 8.38. The molecule has 5 heteroatoms. The van der Waals surface area contributed by atoms with Crippen LogP contribution in [-0.4, -0.2) is 44.9 Å². The molecule has 2 heterocycles. The van der Waals surface area contributed by atoms with E-state index in [1.165, 1.54) is 6.42 Å². The molecule has 3 rings (SSSR count). The van der Waals surface area contributed by atoms with Gasteiger partial charge in [-0.2, -0.15) is 0 Å². The van der Waals surface area contributed by atoms with Crippen molar-refractivity contribution in [2.75, 3.05) is 31.7 Å². The molecule has 0 bridgehead atoms. The molecule has 2 saturated heterocycles. The van der Waals surface area contributed by atoms with Crippen LogP contribution in [0.5, 0.6) is 5.75 Å². The van der Waals surface area contributed by atoms with Gasteiger partial charge >= 0.3 is 0 Å². The summed E-state index contributed by atoms with van der Waals surface area (Å²) in [6.45, 7) is 2.67. The lowest BCUT2D eigenvalue weighted by molar-refractivity contribution is -0.125. The molecule has 2 fully saturated rings. The van der Waals surface area contributed by atoms with E-state index in [1.807, 2.05) is 18.2 Å². The summed E-state index contributed by atoms with van der Waals surface area (Å²) in [6.07, 6.45) is 5.87. The number of benzene rings is 1. The Morgan fingerprint density at radius 3 is 2.75 bits per heavy atom. The van der Waals surface area contributed by atoms with E-state index in [2.05, 4.69) is 16.3 Å². The first-order valence-corrected chi connectivity index (χ1v) is 9.05. The Balaban J connectivity index is 1.45. The molecule has 1 atom stereocenters. The van der Waals surface area contributed by atoms with Crippen molar-refractivity contribution in [2.45, 2.75) is 50.7 Å².